The molecule has 0 radical (unpaired) electrons. The second-order valence-corrected chi connectivity index (χ2v) is 4.43. The van der Waals surface area contributed by atoms with Crippen molar-refractivity contribution < 1.29 is 0 Å². The van der Waals surface area contributed by atoms with Crippen LogP contribution in [-0.4, -0.2) is 0 Å². The van der Waals surface area contributed by atoms with Crippen LogP contribution in [-0.2, 0) is 0 Å². The molecular formula is C14H12ClN3. The van der Waals surface area contributed by atoms with Crippen LogP contribution in [0.1, 0.15) is 11.1 Å². The zero-order valence-corrected chi connectivity index (χ0v) is 10.6. The molecule has 2 aromatic carbocycles. The number of nitrogen functional groups attached to an aromatic ring is 1. The molecule has 0 aliphatic rings. The molecule has 0 aromatic heterocycles. The number of rotatable bonds is 2. The smallest absolute Gasteiger partial charge is 0.0992 e. The largest absolute Gasteiger partial charge is 0.397 e. The van der Waals surface area contributed by atoms with E-state index in [-0.39, 0.29) is 0 Å². The lowest BCUT2D eigenvalue weighted by molar-refractivity contribution is 1.45. The van der Waals surface area contributed by atoms with Crippen LogP contribution in [0.3, 0.4) is 0 Å². The number of nitrogens with zero attached hydrogens (tertiary/aromatic N) is 1. The number of nitrogens with one attached hydrogen (secondary N) is 1. The topological polar surface area (TPSA) is 61.8 Å². The van der Waals surface area contributed by atoms with E-state index in [2.05, 4.69) is 5.32 Å². The van der Waals surface area contributed by atoms with Gasteiger partial charge >= 0.3 is 0 Å². The summed E-state index contributed by atoms with van der Waals surface area (Å²) in [6.07, 6.45) is 0. The Balaban J connectivity index is 2.32. The second kappa shape index (κ2) is 4.99. The summed E-state index contributed by atoms with van der Waals surface area (Å²) in [5.41, 5.74) is 9.74. The number of hydrogen-bond donors (Lipinski definition) is 2. The number of anilines is 3. The summed E-state index contributed by atoms with van der Waals surface area (Å²) in [4.78, 5) is 0. The maximum absolute atomic E-state index is 8.77. The van der Waals surface area contributed by atoms with Crippen molar-refractivity contribution in [1.29, 1.82) is 5.26 Å². The van der Waals surface area contributed by atoms with Crippen LogP contribution >= 0.6 is 11.6 Å². The molecule has 0 bridgehead atoms. The Hall–Kier alpha value is -2.18. The predicted molar refractivity (Wildman–Crippen MR) is 75.0 cm³/mol. The molecule has 3 nitrogen and oxygen atoms in total. The molecule has 0 amide bonds. The van der Waals surface area contributed by atoms with Gasteiger partial charge in [0.15, 0.2) is 0 Å². The molecule has 0 saturated heterocycles. The quantitative estimate of drug-likeness (QED) is 0.804. The Labute approximate surface area is 111 Å². The summed E-state index contributed by atoms with van der Waals surface area (Å²) in [6, 6.07) is 12.9. The van der Waals surface area contributed by atoms with Crippen molar-refractivity contribution in [3.63, 3.8) is 0 Å². The highest BCUT2D eigenvalue weighted by Gasteiger charge is 2.04. The zero-order valence-electron chi connectivity index (χ0n) is 9.87. The number of nitriles is 1. The number of halogens is 1. The van der Waals surface area contributed by atoms with Gasteiger partial charge in [-0.05, 0) is 42.8 Å². The molecule has 90 valence electrons. The average molecular weight is 258 g/mol. The Morgan fingerprint density at radius 1 is 1.17 bits per heavy atom. The molecule has 0 spiro atoms. The van der Waals surface area contributed by atoms with Crippen LogP contribution in [0.25, 0.3) is 0 Å². The van der Waals surface area contributed by atoms with Crippen molar-refractivity contribution in [2.24, 2.45) is 0 Å². The molecule has 2 aromatic rings. The molecule has 2 rings (SSSR count). The van der Waals surface area contributed by atoms with E-state index in [1.54, 1.807) is 18.2 Å². The van der Waals surface area contributed by atoms with E-state index in [1.165, 1.54) is 0 Å². The molecule has 0 atom stereocenters. The maximum Gasteiger partial charge on any atom is 0.0992 e. The van der Waals surface area contributed by atoms with Gasteiger partial charge in [0.05, 0.1) is 33.7 Å². The van der Waals surface area contributed by atoms with Gasteiger partial charge in [-0.25, -0.2) is 0 Å². The van der Waals surface area contributed by atoms with Gasteiger partial charge in [0.1, 0.15) is 0 Å². The molecule has 0 heterocycles. The Morgan fingerprint density at radius 3 is 2.50 bits per heavy atom. The summed E-state index contributed by atoms with van der Waals surface area (Å²) < 4.78 is 0. The van der Waals surface area contributed by atoms with E-state index in [0.717, 1.165) is 16.9 Å². The van der Waals surface area contributed by atoms with Crippen LogP contribution in [0.5, 0.6) is 0 Å². The van der Waals surface area contributed by atoms with E-state index in [1.807, 2.05) is 31.2 Å². The zero-order chi connectivity index (χ0) is 13.1. The second-order valence-electron chi connectivity index (χ2n) is 4.02. The fourth-order valence-corrected chi connectivity index (χ4v) is 1.85. The lowest BCUT2D eigenvalue weighted by Crippen LogP contribution is -1.97. The SMILES string of the molecule is Cc1ccc(Nc2ccc(C#N)cc2Cl)c(N)c1. The van der Waals surface area contributed by atoms with E-state index in [0.29, 0.717) is 16.3 Å². The van der Waals surface area contributed by atoms with Crippen LogP contribution in [0, 0.1) is 18.3 Å². The van der Waals surface area contributed by atoms with Crippen LogP contribution in [0.15, 0.2) is 36.4 Å². The van der Waals surface area contributed by atoms with Crippen LogP contribution < -0.4 is 11.1 Å². The molecule has 3 N–H and O–H groups in total. The monoisotopic (exact) mass is 257 g/mol. The molecule has 18 heavy (non-hydrogen) atoms. The molecule has 0 fully saturated rings. The van der Waals surface area contributed by atoms with Gasteiger partial charge in [-0.15, -0.1) is 0 Å². The molecule has 0 saturated carbocycles. The lowest BCUT2D eigenvalue weighted by Gasteiger charge is -2.11. The van der Waals surface area contributed by atoms with E-state index < -0.39 is 0 Å². The van der Waals surface area contributed by atoms with Crippen molar-refractivity contribution in [3.05, 3.63) is 52.5 Å². The minimum atomic E-state index is 0.494. The van der Waals surface area contributed by atoms with Gasteiger partial charge in [-0.2, -0.15) is 5.26 Å². The van der Waals surface area contributed by atoms with Gasteiger partial charge in [0, 0.05) is 0 Å². The van der Waals surface area contributed by atoms with E-state index in [9.17, 15) is 0 Å². The summed E-state index contributed by atoms with van der Waals surface area (Å²) in [6.45, 7) is 1.98. The Bertz CT molecular complexity index is 629. The molecular weight excluding hydrogens is 246 g/mol. The van der Waals surface area contributed by atoms with E-state index in [4.69, 9.17) is 22.6 Å². The highest BCUT2D eigenvalue weighted by Crippen LogP contribution is 2.29. The van der Waals surface area contributed by atoms with Crippen molar-refractivity contribution >= 4 is 28.7 Å². The van der Waals surface area contributed by atoms with Crippen molar-refractivity contribution in [1.82, 2.24) is 0 Å². The first-order chi connectivity index (χ1) is 8.60. The fourth-order valence-electron chi connectivity index (χ4n) is 1.63. The average Bonchev–Trinajstić information content (AvgIpc) is 2.34. The highest BCUT2D eigenvalue weighted by molar-refractivity contribution is 6.33. The van der Waals surface area contributed by atoms with Crippen molar-refractivity contribution in [2.45, 2.75) is 6.92 Å². The van der Waals surface area contributed by atoms with Gasteiger partial charge in [0.2, 0.25) is 0 Å². The normalized spacial score (nSPS) is 9.83. The Kier molecular flexibility index (Phi) is 3.40. The first-order valence-corrected chi connectivity index (χ1v) is 5.81. The summed E-state index contributed by atoms with van der Waals surface area (Å²) >= 11 is 6.09. The van der Waals surface area contributed by atoms with Gasteiger partial charge in [-0.3, -0.25) is 0 Å². The standard InChI is InChI=1S/C14H12ClN3/c1-9-2-4-14(12(17)6-9)18-13-5-3-10(8-16)7-11(13)15/h2-7,18H,17H2,1H3. The number of aryl methyl sites for hydroxylation is 1. The first kappa shape index (κ1) is 12.3. The third-order valence-corrected chi connectivity index (χ3v) is 2.89. The number of hydrogen-bond acceptors (Lipinski definition) is 3. The fraction of sp³-hybridized carbons (Fsp3) is 0.0714. The van der Waals surface area contributed by atoms with E-state index >= 15 is 0 Å². The van der Waals surface area contributed by atoms with Gasteiger partial charge < -0.3 is 11.1 Å². The number of nitrogens with two attached hydrogens (primary N) is 1. The van der Waals surface area contributed by atoms with Crippen LogP contribution in [0.2, 0.25) is 5.02 Å². The Morgan fingerprint density at radius 2 is 1.89 bits per heavy atom. The van der Waals surface area contributed by atoms with Crippen molar-refractivity contribution in [2.75, 3.05) is 11.1 Å². The minimum Gasteiger partial charge on any atom is -0.397 e. The summed E-state index contributed by atoms with van der Waals surface area (Å²) in [5.74, 6) is 0. The summed E-state index contributed by atoms with van der Waals surface area (Å²) in [7, 11) is 0. The molecule has 0 unspecified atom stereocenters. The lowest BCUT2D eigenvalue weighted by atomic mass is 10.1. The number of benzene rings is 2. The van der Waals surface area contributed by atoms with Crippen LogP contribution in [0.4, 0.5) is 17.1 Å². The molecule has 4 heteroatoms. The third kappa shape index (κ3) is 2.55. The summed E-state index contributed by atoms with van der Waals surface area (Å²) in [5, 5.41) is 12.4. The highest BCUT2D eigenvalue weighted by atomic mass is 35.5. The predicted octanol–water partition coefficient (Wildman–Crippen LogP) is 3.85. The minimum absolute atomic E-state index is 0.494. The third-order valence-electron chi connectivity index (χ3n) is 2.57. The van der Waals surface area contributed by atoms with Gasteiger partial charge in [0.25, 0.3) is 0 Å². The van der Waals surface area contributed by atoms with Crippen molar-refractivity contribution in [3.8, 4) is 6.07 Å². The molecule has 0 aliphatic carbocycles. The maximum atomic E-state index is 8.77. The first-order valence-electron chi connectivity index (χ1n) is 5.43. The van der Waals surface area contributed by atoms with Gasteiger partial charge in [-0.1, -0.05) is 17.7 Å². The molecule has 0 aliphatic heterocycles.